The zero-order valence-corrected chi connectivity index (χ0v) is 15.6. The number of sulfonamides is 1. The number of fused-ring (bicyclic) bond motifs is 1. The van der Waals surface area contributed by atoms with Gasteiger partial charge in [-0.25, -0.2) is 8.42 Å². The van der Waals surface area contributed by atoms with Gasteiger partial charge in [0.2, 0.25) is 10.0 Å². The summed E-state index contributed by atoms with van der Waals surface area (Å²) < 4.78 is 41.3. The molecule has 0 aliphatic carbocycles. The average molecular weight is 391 g/mol. The van der Waals surface area contributed by atoms with E-state index in [1.54, 1.807) is 19.1 Å². The van der Waals surface area contributed by atoms with Crippen LogP contribution >= 0.6 is 11.7 Å². The fraction of sp³-hybridized carbons (Fsp3) is 0.235. The van der Waals surface area contributed by atoms with Crippen molar-refractivity contribution >= 4 is 38.8 Å². The van der Waals surface area contributed by atoms with Crippen LogP contribution in [0.15, 0.2) is 53.4 Å². The zero-order chi connectivity index (χ0) is 18.6. The third-order valence-electron chi connectivity index (χ3n) is 3.69. The third-order valence-corrected chi connectivity index (χ3v) is 5.74. The van der Waals surface area contributed by atoms with Crippen LogP contribution in [0.1, 0.15) is 12.5 Å². The molecule has 3 aromatic rings. The van der Waals surface area contributed by atoms with Gasteiger partial charge < -0.3 is 4.74 Å². The summed E-state index contributed by atoms with van der Waals surface area (Å²) in [6, 6.07) is 12.8. The number of nitrogens with zero attached hydrogens (tertiary/aromatic N) is 2. The van der Waals surface area contributed by atoms with E-state index in [1.165, 1.54) is 6.07 Å². The van der Waals surface area contributed by atoms with E-state index in [4.69, 9.17) is 4.74 Å². The van der Waals surface area contributed by atoms with E-state index in [9.17, 15) is 13.2 Å². The Labute approximate surface area is 155 Å². The van der Waals surface area contributed by atoms with Gasteiger partial charge in [0.15, 0.2) is 0 Å². The fourth-order valence-electron chi connectivity index (χ4n) is 2.51. The summed E-state index contributed by atoms with van der Waals surface area (Å²) in [5.74, 6) is -0.622. The van der Waals surface area contributed by atoms with Gasteiger partial charge in [-0.1, -0.05) is 36.4 Å². The van der Waals surface area contributed by atoms with Gasteiger partial charge in [0.05, 0.1) is 18.3 Å². The van der Waals surface area contributed by atoms with E-state index < -0.39 is 22.0 Å². The number of carbonyl (C=O) groups is 1. The molecular formula is C17H17N3O4S2. The lowest BCUT2D eigenvalue weighted by Crippen LogP contribution is -2.43. The molecule has 1 aromatic heterocycles. The topological polar surface area (TPSA) is 98.2 Å². The van der Waals surface area contributed by atoms with Gasteiger partial charge in [-0.3, -0.25) is 4.79 Å². The molecule has 1 heterocycles. The minimum Gasteiger partial charge on any atom is -0.465 e. The zero-order valence-electron chi connectivity index (χ0n) is 14.0. The Morgan fingerprint density at radius 2 is 1.92 bits per heavy atom. The second-order valence-electron chi connectivity index (χ2n) is 5.50. The molecule has 0 saturated heterocycles. The predicted octanol–water partition coefficient (Wildman–Crippen LogP) is 2.14. The van der Waals surface area contributed by atoms with Gasteiger partial charge in [0.25, 0.3) is 0 Å². The number of rotatable bonds is 7. The molecule has 0 aliphatic rings. The van der Waals surface area contributed by atoms with Crippen molar-refractivity contribution in [1.29, 1.82) is 0 Å². The molecule has 0 saturated carbocycles. The molecule has 0 amide bonds. The number of hydrogen-bond donors (Lipinski definition) is 1. The van der Waals surface area contributed by atoms with Gasteiger partial charge in [-0.2, -0.15) is 13.5 Å². The highest BCUT2D eigenvalue weighted by Crippen LogP contribution is 2.21. The molecule has 0 spiro atoms. The number of benzene rings is 2. The summed E-state index contributed by atoms with van der Waals surface area (Å²) in [6.45, 7) is 1.84. The smallest absolute Gasteiger partial charge is 0.324 e. The summed E-state index contributed by atoms with van der Waals surface area (Å²) in [5.41, 5.74) is 1.60. The van der Waals surface area contributed by atoms with E-state index >= 15 is 0 Å². The minimum atomic E-state index is -3.99. The van der Waals surface area contributed by atoms with Crippen molar-refractivity contribution in [2.24, 2.45) is 0 Å². The normalized spacial score (nSPS) is 12.8. The number of hydrogen-bond acceptors (Lipinski definition) is 7. The number of nitrogens with one attached hydrogen (secondary N) is 1. The van der Waals surface area contributed by atoms with Crippen molar-refractivity contribution in [1.82, 2.24) is 13.5 Å². The van der Waals surface area contributed by atoms with Crippen LogP contribution in [0.3, 0.4) is 0 Å². The molecule has 136 valence electrons. The van der Waals surface area contributed by atoms with Crippen LogP contribution in [-0.4, -0.2) is 35.8 Å². The number of ether oxygens (including phenoxy) is 1. The lowest BCUT2D eigenvalue weighted by molar-refractivity contribution is -0.145. The predicted molar refractivity (Wildman–Crippen MR) is 98.3 cm³/mol. The van der Waals surface area contributed by atoms with Gasteiger partial charge in [0, 0.05) is 0 Å². The molecule has 1 N–H and O–H groups in total. The fourth-order valence-corrected chi connectivity index (χ4v) is 4.47. The standard InChI is InChI=1S/C17H17N3O4S2/c1-2-24-17(21)14(11-12-7-4-3-5-8-12)20-26(22,23)15-10-6-9-13-16(15)19-25-18-13/h3-10,14,20H,2,11H2,1H3. The van der Waals surface area contributed by atoms with Crippen molar-refractivity contribution in [3.05, 3.63) is 54.1 Å². The van der Waals surface area contributed by atoms with Gasteiger partial charge in [-0.15, -0.1) is 0 Å². The molecule has 7 nitrogen and oxygen atoms in total. The largest absolute Gasteiger partial charge is 0.465 e. The summed E-state index contributed by atoms with van der Waals surface area (Å²) in [5, 5.41) is 0. The second kappa shape index (κ2) is 7.90. The van der Waals surface area contributed by atoms with Crippen molar-refractivity contribution in [2.75, 3.05) is 6.61 Å². The summed E-state index contributed by atoms with van der Waals surface area (Å²) >= 11 is 0.935. The number of carbonyl (C=O) groups excluding carboxylic acids is 1. The first kappa shape index (κ1) is 18.4. The van der Waals surface area contributed by atoms with Gasteiger partial charge in [0.1, 0.15) is 22.0 Å². The molecule has 1 atom stereocenters. The highest BCUT2D eigenvalue weighted by Gasteiger charge is 2.29. The Hall–Kier alpha value is -2.36. The molecule has 0 fully saturated rings. The van der Waals surface area contributed by atoms with Crippen LogP contribution in [0.2, 0.25) is 0 Å². The SMILES string of the molecule is CCOC(=O)C(Cc1ccccc1)NS(=O)(=O)c1cccc2nsnc12. The molecule has 2 aromatic carbocycles. The maximum absolute atomic E-state index is 12.9. The lowest BCUT2D eigenvalue weighted by Gasteiger charge is -2.17. The van der Waals surface area contributed by atoms with Gasteiger partial charge >= 0.3 is 5.97 Å². The molecule has 0 bridgehead atoms. The van der Waals surface area contributed by atoms with Crippen LogP contribution in [0, 0.1) is 0 Å². The highest BCUT2D eigenvalue weighted by molar-refractivity contribution is 7.89. The van der Waals surface area contributed by atoms with Crippen LogP contribution in [-0.2, 0) is 26.0 Å². The Morgan fingerprint density at radius 1 is 1.15 bits per heavy atom. The van der Waals surface area contributed by atoms with Crippen molar-refractivity contribution in [3.63, 3.8) is 0 Å². The number of esters is 1. The van der Waals surface area contributed by atoms with Gasteiger partial charge in [-0.05, 0) is 31.0 Å². The second-order valence-corrected chi connectivity index (χ2v) is 7.71. The minimum absolute atomic E-state index is 0.00823. The van der Waals surface area contributed by atoms with E-state index in [0.29, 0.717) is 5.52 Å². The maximum atomic E-state index is 12.9. The molecule has 1 unspecified atom stereocenters. The summed E-state index contributed by atoms with van der Waals surface area (Å²) in [7, 11) is -3.99. The molecular weight excluding hydrogens is 374 g/mol. The Morgan fingerprint density at radius 3 is 2.65 bits per heavy atom. The summed E-state index contributed by atoms with van der Waals surface area (Å²) in [6.07, 6.45) is 0.185. The van der Waals surface area contributed by atoms with E-state index in [0.717, 1.165) is 17.3 Å². The summed E-state index contributed by atoms with van der Waals surface area (Å²) in [4.78, 5) is 12.3. The van der Waals surface area contributed by atoms with E-state index in [1.807, 2.05) is 30.3 Å². The molecule has 0 radical (unpaired) electrons. The molecule has 26 heavy (non-hydrogen) atoms. The van der Waals surface area contributed by atoms with Crippen molar-refractivity contribution < 1.29 is 17.9 Å². The van der Waals surface area contributed by atoms with Crippen molar-refractivity contribution in [3.8, 4) is 0 Å². The van der Waals surface area contributed by atoms with Crippen LogP contribution in [0.25, 0.3) is 11.0 Å². The maximum Gasteiger partial charge on any atom is 0.324 e. The number of aromatic nitrogens is 2. The molecule has 9 heteroatoms. The van der Waals surface area contributed by atoms with Crippen LogP contribution in [0.4, 0.5) is 0 Å². The van der Waals surface area contributed by atoms with E-state index in [2.05, 4.69) is 13.5 Å². The Kier molecular flexibility index (Phi) is 5.60. The first-order valence-corrected chi connectivity index (χ1v) is 10.2. The first-order chi connectivity index (χ1) is 12.5. The molecule has 3 rings (SSSR count). The third kappa shape index (κ3) is 4.06. The quantitative estimate of drug-likeness (QED) is 0.620. The van der Waals surface area contributed by atoms with E-state index in [-0.39, 0.29) is 23.4 Å². The Balaban J connectivity index is 1.92. The average Bonchev–Trinajstić information content (AvgIpc) is 3.10. The van der Waals surface area contributed by atoms with Crippen LogP contribution in [0.5, 0.6) is 0 Å². The highest BCUT2D eigenvalue weighted by atomic mass is 32.2. The van der Waals surface area contributed by atoms with Crippen LogP contribution < -0.4 is 4.72 Å². The Bertz CT molecular complexity index is 1000. The monoisotopic (exact) mass is 391 g/mol. The molecule has 0 aliphatic heterocycles. The first-order valence-electron chi connectivity index (χ1n) is 7.95. The van der Waals surface area contributed by atoms with Crippen molar-refractivity contribution in [2.45, 2.75) is 24.3 Å². The lowest BCUT2D eigenvalue weighted by atomic mass is 10.1.